The lowest BCUT2D eigenvalue weighted by molar-refractivity contribution is 0.0532. The van der Waals surface area contributed by atoms with E-state index in [4.69, 9.17) is 10.5 Å². The zero-order chi connectivity index (χ0) is 15.6. The van der Waals surface area contributed by atoms with E-state index in [1.165, 1.54) is 11.3 Å². The Morgan fingerprint density at radius 3 is 2.76 bits per heavy atom. The highest BCUT2D eigenvalue weighted by atomic mass is 32.1. The third-order valence-corrected chi connectivity index (χ3v) is 3.67. The van der Waals surface area contributed by atoms with Crippen molar-refractivity contribution in [1.29, 1.82) is 0 Å². The number of hydrogen-bond donors (Lipinski definition) is 1. The second-order valence-corrected chi connectivity index (χ2v) is 6.75. The van der Waals surface area contributed by atoms with Gasteiger partial charge in [0.05, 0.1) is 12.3 Å². The van der Waals surface area contributed by atoms with Crippen LogP contribution in [0.4, 0.5) is 5.95 Å². The molecule has 0 saturated heterocycles. The van der Waals surface area contributed by atoms with Gasteiger partial charge in [-0.1, -0.05) is 26.8 Å². The number of fused-ring (bicyclic) bond motifs is 1. The van der Waals surface area contributed by atoms with Crippen LogP contribution in [0.15, 0.2) is 12.1 Å². The van der Waals surface area contributed by atoms with Crippen LogP contribution in [0, 0.1) is 5.41 Å². The molecule has 0 aliphatic carbocycles. The van der Waals surface area contributed by atoms with Gasteiger partial charge in [-0.2, -0.15) is 0 Å². The Morgan fingerprint density at radius 1 is 1.43 bits per heavy atom. The molecular weight excluding hydrogens is 286 g/mol. The van der Waals surface area contributed by atoms with E-state index in [0.29, 0.717) is 16.3 Å². The summed E-state index contributed by atoms with van der Waals surface area (Å²) in [5.41, 5.74) is 6.50. The van der Waals surface area contributed by atoms with Crippen LogP contribution in [0.2, 0.25) is 0 Å². The number of allylic oxidation sites excluding steroid dienone is 1. The van der Waals surface area contributed by atoms with E-state index in [1.54, 1.807) is 13.0 Å². The van der Waals surface area contributed by atoms with Gasteiger partial charge in [-0.15, -0.1) is 11.3 Å². The standard InChI is InChI=1S/C15H19N3O2S/c1-5-20-13(19)11-8-9-10(6-7-15(2,3)4)17-14(16)18-12(9)21-11/h6-8H,5H2,1-4H3,(H2,16,17,18)/b7-6+. The molecule has 0 aliphatic rings. The largest absolute Gasteiger partial charge is 0.462 e. The number of hydrogen-bond acceptors (Lipinski definition) is 6. The summed E-state index contributed by atoms with van der Waals surface area (Å²) in [6.45, 7) is 8.42. The number of thiophene rings is 1. The fraction of sp³-hybridized carbons (Fsp3) is 0.400. The molecule has 0 aromatic carbocycles. The molecule has 0 unspecified atom stereocenters. The predicted molar refractivity (Wildman–Crippen MR) is 86.3 cm³/mol. The average Bonchev–Trinajstić information content (AvgIpc) is 2.79. The Bertz CT molecular complexity index is 699. The van der Waals surface area contributed by atoms with E-state index in [0.717, 1.165) is 11.1 Å². The maximum Gasteiger partial charge on any atom is 0.348 e. The predicted octanol–water partition coefficient (Wildman–Crippen LogP) is 3.51. The highest BCUT2D eigenvalue weighted by Crippen LogP contribution is 2.29. The molecule has 6 heteroatoms. The summed E-state index contributed by atoms with van der Waals surface area (Å²) in [6, 6.07) is 1.76. The maximum absolute atomic E-state index is 11.8. The van der Waals surface area contributed by atoms with Gasteiger partial charge in [0.1, 0.15) is 9.71 Å². The lowest BCUT2D eigenvalue weighted by Crippen LogP contribution is -2.01. The Kier molecular flexibility index (Phi) is 4.27. The topological polar surface area (TPSA) is 78.1 Å². The summed E-state index contributed by atoms with van der Waals surface area (Å²) in [5, 5.41) is 0.817. The fourth-order valence-corrected chi connectivity index (χ4v) is 2.66. The number of nitrogens with two attached hydrogens (primary N) is 1. The first kappa shape index (κ1) is 15.4. The molecule has 0 atom stereocenters. The van der Waals surface area contributed by atoms with Crippen molar-refractivity contribution in [2.24, 2.45) is 5.41 Å². The molecule has 0 bridgehead atoms. The highest BCUT2D eigenvalue weighted by molar-refractivity contribution is 7.20. The minimum atomic E-state index is -0.343. The van der Waals surface area contributed by atoms with E-state index < -0.39 is 0 Å². The monoisotopic (exact) mass is 305 g/mol. The van der Waals surface area contributed by atoms with Gasteiger partial charge < -0.3 is 10.5 Å². The fourth-order valence-electron chi connectivity index (χ4n) is 1.72. The first-order valence-electron chi connectivity index (χ1n) is 6.73. The highest BCUT2D eigenvalue weighted by Gasteiger charge is 2.15. The zero-order valence-corrected chi connectivity index (χ0v) is 13.5. The molecule has 21 heavy (non-hydrogen) atoms. The number of rotatable bonds is 3. The molecule has 0 aliphatic heterocycles. The van der Waals surface area contributed by atoms with Gasteiger partial charge in [-0.3, -0.25) is 0 Å². The van der Waals surface area contributed by atoms with Crippen molar-refractivity contribution in [3.63, 3.8) is 0 Å². The van der Waals surface area contributed by atoms with Crippen molar-refractivity contribution in [3.8, 4) is 0 Å². The van der Waals surface area contributed by atoms with Crippen LogP contribution in [0.3, 0.4) is 0 Å². The van der Waals surface area contributed by atoms with Crippen molar-refractivity contribution in [2.45, 2.75) is 27.7 Å². The lowest BCUT2D eigenvalue weighted by atomic mass is 9.96. The lowest BCUT2D eigenvalue weighted by Gasteiger charge is -2.11. The zero-order valence-electron chi connectivity index (χ0n) is 12.6. The number of aromatic nitrogens is 2. The van der Waals surface area contributed by atoms with Crippen LogP contribution in [0.1, 0.15) is 43.1 Å². The molecule has 2 aromatic rings. The van der Waals surface area contributed by atoms with Crippen LogP contribution in [0.5, 0.6) is 0 Å². The Labute approximate surface area is 127 Å². The molecule has 2 rings (SSSR count). The van der Waals surface area contributed by atoms with Gasteiger partial charge in [0, 0.05) is 5.39 Å². The van der Waals surface area contributed by atoms with Crippen molar-refractivity contribution >= 4 is 39.5 Å². The minimum absolute atomic E-state index is 0.0338. The minimum Gasteiger partial charge on any atom is -0.462 e. The van der Waals surface area contributed by atoms with E-state index >= 15 is 0 Å². The van der Waals surface area contributed by atoms with Crippen molar-refractivity contribution in [1.82, 2.24) is 9.97 Å². The normalized spacial score (nSPS) is 12.2. The molecule has 2 heterocycles. The molecule has 0 fully saturated rings. The number of carbonyl (C=O) groups excluding carboxylic acids is 1. The van der Waals surface area contributed by atoms with E-state index in [2.05, 4.69) is 36.8 Å². The maximum atomic E-state index is 11.8. The van der Waals surface area contributed by atoms with Crippen molar-refractivity contribution in [3.05, 3.63) is 22.7 Å². The second-order valence-electron chi connectivity index (χ2n) is 5.72. The summed E-state index contributed by atoms with van der Waals surface area (Å²) >= 11 is 1.27. The Morgan fingerprint density at radius 2 is 2.14 bits per heavy atom. The summed E-state index contributed by atoms with van der Waals surface area (Å²) in [6.07, 6.45) is 3.97. The van der Waals surface area contributed by atoms with Crippen LogP contribution in [0.25, 0.3) is 16.3 Å². The van der Waals surface area contributed by atoms with E-state index in [9.17, 15) is 4.79 Å². The summed E-state index contributed by atoms with van der Waals surface area (Å²) in [5.74, 6) is -0.141. The van der Waals surface area contributed by atoms with Crippen LogP contribution in [-0.2, 0) is 4.74 Å². The molecule has 2 aromatic heterocycles. The van der Waals surface area contributed by atoms with Gasteiger partial charge in [0.2, 0.25) is 5.95 Å². The summed E-state index contributed by atoms with van der Waals surface area (Å²) in [7, 11) is 0. The molecular formula is C15H19N3O2S. The average molecular weight is 305 g/mol. The Hall–Kier alpha value is -1.95. The van der Waals surface area contributed by atoms with Gasteiger partial charge in [0.15, 0.2) is 0 Å². The van der Waals surface area contributed by atoms with Gasteiger partial charge in [-0.25, -0.2) is 14.8 Å². The van der Waals surface area contributed by atoms with Crippen LogP contribution >= 0.6 is 11.3 Å². The molecule has 0 radical (unpaired) electrons. The molecule has 112 valence electrons. The van der Waals surface area contributed by atoms with Crippen molar-refractivity contribution < 1.29 is 9.53 Å². The van der Waals surface area contributed by atoms with Crippen LogP contribution in [-0.4, -0.2) is 22.5 Å². The Balaban J connectivity index is 2.50. The number of nitrogens with zero attached hydrogens (tertiary/aromatic N) is 2. The van der Waals surface area contributed by atoms with E-state index in [1.807, 2.05) is 6.08 Å². The third-order valence-electron chi connectivity index (χ3n) is 2.66. The molecule has 5 nitrogen and oxygen atoms in total. The van der Waals surface area contributed by atoms with Crippen LogP contribution < -0.4 is 5.73 Å². The van der Waals surface area contributed by atoms with Crippen molar-refractivity contribution in [2.75, 3.05) is 12.3 Å². The molecule has 2 N–H and O–H groups in total. The number of esters is 1. The SMILES string of the molecule is CCOC(=O)c1cc2c(/C=C/C(C)(C)C)nc(N)nc2s1. The number of ether oxygens (including phenoxy) is 1. The third kappa shape index (κ3) is 3.78. The van der Waals surface area contributed by atoms with E-state index in [-0.39, 0.29) is 17.3 Å². The number of nitrogen functional groups attached to an aromatic ring is 1. The molecule has 0 spiro atoms. The number of anilines is 1. The molecule has 0 amide bonds. The summed E-state index contributed by atoms with van der Waals surface area (Å²) < 4.78 is 5.02. The second kappa shape index (κ2) is 5.81. The first-order valence-corrected chi connectivity index (χ1v) is 7.55. The smallest absolute Gasteiger partial charge is 0.348 e. The molecule has 0 saturated carbocycles. The van der Waals surface area contributed by atoms with Gasteiger partial charge >= 0.3 is 5.97 Å². The number of carbonyl (C=O) groups is 1. The van der Waals surface area contributed by atoms with Gasteiger partial charge in [0.25, 0.3) is 0 Å². The first-order chi connectivity index (χ1) is 9.80. The quantitative estimate of drug-likeness (QED) is 0.878. The summed E-state index contributed by atoms with van der Waals surface area (Å²) in [4.78, 5) is 21.5. The van der Waals surface area contributed by atoms with Gasteiger partial charge in [-0.05, 0) is 24.5 Å².